The van der Waals surface area contributed by atoms with Crippen LogP contribution in [-0.4, -0.2) is 4.98 Å². The van der Waals surface area contributed by atoms with Crippen molar-refractivity contribution >= 4 is 33.8 Å². The number of benzene rings is 1. The van der Waals surface area contributed by atoms with Crippen molar-refractivity contribution in [3.05, 3.63) is 64.4 Å². The van der Waals surface area contributed by atoms with Gasteiger partial charge in [0.25, 0.3) is 0 Å². The van der Waals surface area contributed by atoms with Gasteiger partial charge in [-0.2, -0.15) is 5.26 Å². The third kappa shape index (κ3) is 2.96. The second kappa shape index (κ2) is 5.88. The molecular weight excluding hydrogens is 279 g/mol. The molecule has 1 aromatic heterocycles. The number of nitriles is 1. The van der Waals surface area contributed by atoms with Gasteiger partial charge in [0.15, 0.2) is 0 Å². The van der Waals surface area contributed by atoms with Crippen molar-refractivity contribution in [2.75, 3.05) is 0 Å². The summed E-state index contributed by atoms with van der Waals surface area (Å²) in [6.45, 7) is 1.95. The highest BCUT2D eigenvalue weighted by molar-refractivity contribution is 6.54. The summed E-state index contributed by atoms with van der Waals surface area (Å²) < 4.78 is 0. The molecule has 1 heterocycles. The molecule has 0 N–H and O–H groups in total. The molecule has 19 heavy (non-hydrogen) atoms. The van der Waals surface area contributed by atoms with E-state index in [4.69, 9.17) is 23.2 Å². The first kappa shape index (κ1) is 13.6. The Labute approximate surface area is 121 Å². The summed E-state index contributed by atoms with van der Waals surface area (Å²) in [7, 11) is 0. The maximum absolute atomic E-state index is 9.30. The SMILES string of the molecule is Cc1ccc(/C(Cl)=C(/C#N)c2ccncc2)c(Cl)c1. The maximum atomic E-state index is 9.30. The minimum absolute atomic E-state index is 0.346. The molecule has 2 nitrogen and oxygen atoms in total. The molecular formula is C15H10Cl2N2. The van der Waals surface area contributed by atoms with Gasteiger partial charge in [0, 0.05) is 23.0 Å². The highest BCUT2D eigenvalue weighted by atomic mass is 35.5. The van der Waals surface area contributed by atoms with Gasteiger partial charge in [0.05, 0.1) is 10.6 Å². The number of allylic oxidation sites excluding steroid dienone is 1. The van der Waals surface area contributed by atoms with Crippen molar-refractivity contribution in [3.8, 4) is 6.07 Å². The topological polar surface area (TPSA) is 36.7 Å². The summed E-state index contributed by atoms with van der Waals surface area (Å²) in [6, 6.07) is 11.1. The summed E-state index contributed by atoms with van der Waals surface area (Å²) >= 11 is 12.5. The standard InChI is InChI=1S/C15H10Cl2N2/c1-10-2-3-12(14(16)8-10)15(17)13(9-18)11-4-6-19-7-5-11/h2-8H,1H3/b15-13+. The van der Waals surface area contributed by atoms with Crippen LogP contribution in [-0.2, 0) is 0 Å². The smallest absolute Gasteiger partial charge is 0.101 e. The van der Waals surface area contributed by atoms with Crippen molar-refractivity contribution in [2.24, 2.45) is 0 Å². The number of rotatable bonds is 2. The Kier molecular flexibility index (Phi) is 4.21. The fraction of sp³-hybridized carbons (Fsp3) is 0.0667. The van der Waals surface area contributed by atoms with E-state index in [0.717, 1.165) is 11.1 Å². The molecule has 1 aromatic carbocycles. The molecule has 0 aliphatic heterocycles. The minimum Gasteiger partial charge on any atom is -0.265 e. The fourth-order valence-electron chi connectivity index (χ4n) is 1.69. The van der Waals surface area contributed by atoms with Crippen LogP contribution in [0, 0.1) is 18.3 Å². The summed E-state index contributed by atoms with van der Waals surface area (Å²) in [5.74, 6) is 0. The van der Waals surface area contributed by atoms with Crippen molar-refractivity contribution in [1.29, 1.82) is 5.26 Å². The molecule has 0 saturated heterocycles. The zero-order valence-electron chi connectivity index (χ0n) is 10.2. The number of hydrogen-bond donors (Lipinski definition) is 0. The van der Waals surface area contributed by atoms with E-state index in [2.05, 4.69) is 11.1 Å². The number of aryl methyl sites for hydroxylation is 1. The van der Waals surface area contributed by atoms with Gasteiger partial charge in [-0.15, -0.1) is 0 Å². The lowest BCUT2D eigenvalue weighted by atomic mass is 10.0. The van der Waals surface area contributed by atoms with Gasteiger partial charge in [0.1, 0.15) is 6.07 Å². The Hall–Kier alpha value is -1.82. The highest BCUT2D eigenvalue weighted by Crippen LogP contribution is 2.33. The Bertz CT molecular complexity index is 670. The second-order valence-corrected chi connectivity index (χ2v) is 4.81. The average Bonchev–Trinajstić information content (AvgIpc) is 2.40. The van der Waals surface area contributed by atoms with E-state index in [0.29, 0.717) is 21.2 Å². The molecule has 0 fully saturated rings. The monoisotopic (exact) mass is 288 g/mol. The maximum Gasteiger partial charge on any atom is 0.101 e. The summed E-state index contributed by atoms with van der Waals surface area (Å²) in [5, 5.41) is 10.2. The molecule has 2 rings (SSSR count). The molecule has 0 radical (unpaired) electrons. The van der Waals surface area contributed by atoms with Crippen LogP contribution in [0.4, 0.5) is 0 Å². The first-order valence-electron chi connectivity index (χ1n) is 5.60. The average molecular weight is 289 g/mol. The molecule has 0 atom stereocenters. The number of nitrogens with zero attached hydrogens (tertiary/aromatic N) is 2. The lowest BCUT2D eigenvalue weighted by Gasteiger charge is -2.07. The number of halogens is 2. The van der Waals surface area contributed by atoms with Gasteiger partial charge in [-0.25, -0.2) is 0 Å². The normalized spacial score (nSPS) is 11.7. The summed E-state index contributed by atoms with van der Waals surface area (Å²) in [4.78, 5) is 3.92. The summed E-state index contributed by atoms with van der Waals surface area (Å²) in [5.41, 5.74) is 2.80. The highest BCUT2D eigenvalue weighted by Gasteiger charge is 2.12. The predicted octanol–water partition coefficient (Wildman–Crippen LogP) is 4.67. The molecule has 94 valence electrons. The van der Waals surface area contributed by atoms with E-state index in [1.807, 2.05) is 25.1 Å². The third-order valence-corrected chi connectivity index (χ3v) is 3.37. The van der Waals surface area contributed by atoms with Crippen LogP contribution in [0.25, 0.3) is 10.6 Å². The van der Waals surface area contributed by atoms with Crippen molar-refractivity contribution in [1.82, 2.24) is 4.98 Å². The third-order valence-electron chi connectivity index (χ3n) is 2.66. The molecule has 0 amide bonds. The molecule has 0 saturated carbocycles. The van der Waals surface area contributed by atoms with E-state index in [1.165, 1.54) is 0 Å². The molecule has 0 unspecified atom stereocenters. The van der Waals surface area contributed by atoms with E-state index in [1.54, 1.807) is 24.5 Å². The first-order chi connectivity index (χ1) is 9.13. The van der Waals surface area contributed by atoms with Gasteiger partial charge in [-0.3, -0.25) is 4.98 Å². The van der Waals surface area contributed by atoms with Crippen molar-refractivity contribution < 1.29 is 0 Å². The Morgan fingerprint density at radius 3 is 2.47 bits per heavy atom. The lowest BCUT2D eigenvalue weighted by molar-refractivity contribution is 1.32. The molecule has 0 aliphatic rings. The van der Waals surface area contributed by atoms with Gasteiger partial charge >= 0.3 is 0 Å². The first-order valence-corrected chi connectivity index (χ1v) is 6.36. The van der Waals surface area contributed by atoms with Crippen molar-refractivity contribution in [3.63, 3.8) is 0 Å². The lowest BCUT2D eigenvalue weighted by Crippen LogP contribution is -1.88. The Balaban J connectivity index is 2.59. The number of pyridine rings is 1. The van der Waals surface area contributed by atoms with Gasteiger partial charge < -0.3 is 0 Å². The van der Waals surface area contributed by atoms with Crippen LogP contribution < -0.4 is 0 Å². The van der Waals surface area contributed by atoms with Crippen LogP contribution >= 0.6 is 23.2 Å². The zero-order valence-corrected chi connectivity index (χ0v) is 11.7. The minimum atomic E-state index is 0.346. The Morgan fingerprint density at radius 2 is 1.89 bits per heavy atom. The van der Waals surface area contributed by atoms with Crippen LogP contribution in [0.15, 0.2) is 42.7 Å². The quantitative estimate of drug-likeness (QED) is 0.753. The van der Waals surface area contributed by atoms with Crippen LogP contribution in [0.5, 0.6) is 0 Å². The van der Waals surface area contributed by atoms with Gasteiger partial charge in [-0.1, -0.05) is 35.3 Å². The molecule has 4 heteroatoms. The van der Waals surface area contributed by atoms with Gasteiger partial charge in [-0.05, 0) is 36.2 Å². The predicted molar refractivity (Wildman–Crippen MR) is 78.7 cm³/mol. The Morgan fingerprint density at radius 1 is 1.21 bits per heavy atom. The largest absolute Gasteiger partial charge is 0.265 e. The van der Waals surface area contributed by atoms with Gasteiger partial charge in [0.2, 0.25) is 0 Å². The van der Waals surface area contributed by atoms with E-state index >= 15 is 0 Å². The molecule has 0 spiro atoms. The van der Waals surface area contributed by atoms with Crippen molar-refractivity contribution in [2.45, 2.75) is 6.92 Å². The molecule has 2 aromatic rings. The number of aromatic nitrogens is 1. The number of hydrogen-bond acceptors (Lipinski definition) is 2. The second-order valence-electron chi connectivity index (χ2n) is 4.02. The van der Waals surface area contributed by atoms with Crippen LogP contribution in [0.1, 0.15) is 16.7 Å². The van der Waals surface area contributed by atoms with E-state index in [-0.39, 0.29) is 0 Å². The summed E-state index contributed by atoms with van der Waals surface area (Å²) in [6.07, 6.45) is 3.24. The zero-order chi connectivity index (χ0) is 13.8. The molecule has 0 aliphatic carbocycles. The van der Waals surface area contributed by atoms with Crippen LogP contribution in [0.3, 0.4) is 0 Å². The van der Waals surface area contributed by atoms with E-state index < -0.39 is 0 Å². The van der Waals surface area contributed by atoms with E-state index in [9.17, 15) is 5.26 Å². The molecule has 0 bridgehead atoms. The fourth-order valence-corrected chi connectivity index (χ4v) is 2.39. The van der Waals surface area contributed by atoms with Crippen LogP contribution in [0.2, 0.25) is 5.02 Å².